The molecule has 8 nitrogen and oxygen atoms in total. The zero-order chi connectivity index (χ0) is 15.6. The van der Waals surface area contributed by atoms with Crippen LogP contribution in [0.2, 0.25) is 0 Å². The van der Waals surface area contributed by atoms with Crippen LogP contribution in [0.4, 0.5) is 0 Å². The highest BCUT2D eigenvalue weighted by molar-refractivity contribution is 7.99. The van der Waals surface area contributed by atoms with Crippen LogP contribution in [0.25, 0.3) is 0 Å². The zero-order valence-corrected chi connectivity index (χ0v) is 11.9. The van der Waals surface area contributed by atoms with Crippen molar-refractivity contribution in [1.82, 2.24) is 14.8 Å². The van der Waals surface area contributed by atoms with Crippen LogP contribution >= 0.6 is 11.8 Å². The van der Waals surface area contributed by atoms with Gasteiger partial charge in [-0.2, -0.15) is 4.98 Å². The number of methoxy groups -OCH3 is 1. The third-order valence-electron chi connectivity index (χ3n) is 2.57. The third-order valence-corrected chi connectivity index (χ3v) is 3.67. The third kappa shape index (κ3) is 3.14. The van der Waals surface area contributed by atoms with E-state index in [9.17, 15) is 19.5 Å². The number of hydrogen-bond acceptors (Lipinski definition) is 6. The van der Waals surface area contributed by atoms with E-state index in [0.717, 1.165) is 11.8 Å². The summed E-state index contributed by atoms with van der Waals surface area (Å²) in [5.74, 6) is -0.647. The summed E-state index contributed by atoms with van der Waals surface area (Å²) in [5.41, 5.74) is -1.73. The van der Waals surface area contributed by atoms with Crippen LogP contribution in [-0.4, -0.2) is 33.0 Å². The number of H-pyrrole nitrogens is 1. The van der Waals surface area contributed by atoms with Crippen LogP contribution in [-0.2, 0) is 7.05 Å². The molecule has 0 bridgehead atoms. The zero-order valence-electron chi connectivity index (χ0n) is 11.1. The number of carboxylic acids is 1. The van der Waals surface area contributed by atoms with Gasteiger partial charge in [0.25, 0.3) is 0 Å². The molecule has 0 aliphatic heterocycles. The summed E-state index contributed by atoms with van der Waals surface area (Å²) in [6, 6.07) is 4.44. The normalized spacial score (nSPS) is 10.4. The van der Waals surface area contributed by atoms with Crippen molar-refractivity contribution in [2.45, 2.75) is 10.1 Å². The molecule has 2 N–H and O–H groups in total. The maximum atomic E-state index is 11.3. The van der Waals surface area contributed by atoms with Crippen molar-refractivity contribution in [3.05, 3.63) is 44.5 Å². The van der Waals surface area contributed by atoms with E-state index in [1.54, 1.807) is 0 Å². The molecule has 21 heavy (non-hydrogen) atoms. The molecule has 110 valence electrons. The van der Waals surface area contributed by atoms with Crippen LogP contribution in [0.5, 0.6) is 5.75 Å². The van der Waals surface area contributed by atoms with E-state index in [2.05, 4.69) is 10.1 Å². The SMILES string of the molecule is COc1ccc(C(=O)O)c(Sc2nc(=O)c(=O)[nH]n2C)c1. The minimum absolute atomic E-state index is 0.0428. The summed E-state index contributed by atoms with van der Waals surface area (Å²) in [4.78, 5) is 37.6. The molecule has 0 amide bonds. The molecular formula is C12H11N3O5S. The average molecular weight is 309 g/mol. The van der Waals surface area contributed by atoms with E-state index in [4.69, 9.17) is 4.74 Å². The molecule has 0 aliphatic rings. The van der Waals surface area contributed by atoms with Gasteiger partial charge in [-0.25, -0.2) is 4.79 Å². The van der Waals surface area contributed by atoms with Crippen LogP contribution < -0.4 is 15.9 Å². The Balaban J connectivity index is 2.52. The fraction of sp³-hybridized carbons (Fsp3) is 0.167. The number of carboxylic acid groups (broad SMARTS) is 1. The van der Waals surface area contributed by atoms with Crippen molar-refractivity contribution in [1.29, 1.82) is 0 Å². The van der Waals surface area contributed by atoms with Crippen molar-refractivity contribution in [2.75, 3.05) is 7.11 Å². The Kier molecular flexibility index (Phi) is 4.13. The summed E-state index contributed by atoms with van der Waals surface area (Å²) in [6.45, 7) is 0. The first-order valence-electron chi connectivity index (χ1n) is 5.69. The van der Waals surface area contributed by atoms with Crippen molar-refractivity contribution in [3.8, 4) is 5.75 Å². The first-order chi connectivity index (χ1) is 9.92. The topological polar surface area (TPSA) is 114 Å². The van der Waals surface area contributed by atoms with Crippen molar-refractivity contribution < 1.29 is 14.6 Å². The van der Waals surface area contributed by atoms with Crippen molar-refractivity contribution in [3.63, 3.8) is 0 Å². The molecule has 0 aliphatic carbocycles. The van der Waals surface area contributed by atoms with E-state index >= 15 is 0 Å². The molecule has 1 aromatic heterocycles. The lowest BCUT2D eigenvalue weighted by molar-refractivity contribution is 0.0693. The molecular weight excluding hydrogens is 298 g/mol. The summed E-state index contributed by atoms with van der Waals surface area (Å²) in [5, 5.41) is 11.6. The summed E-state index contributed by atoms with van der Waals surface area (Å²) < 4.78 is 6.30. The Hall–Kier alpha value is -2.55. The molecule has 0 spiro atoms. The van der Waals surface area contributed by atoms with Gasteiger partial charge < -0.3 is 9.84 Å². The Morgan fingerprint density at radius 3 is 2.76 bits per heavy atom. The molecule has 1 heterocycles. The maximum Gasteiger partial charge on any atom is 0.339 e. The van der Waals surface area contributed by atoms with E-state index in [1.165, 1.54) is 37.0 Å². The van der Waals surface area contributed by atoms with Crippen LogP contribution in [0.3, 0.4) is 0 Å². The highest BCUT2D eigenvalue weighted by Gasteiger charge is 2.15. The van der Waals surface area contributed by atoms with Crippen LogP contribution in [0.15, 0.2) is 37.8 Å². The predicted octanol–water partition coefficient (Wildman–Crippen LogP) is 0.327. The maximum absolute atomic E-state index is 11.3. The van der Waals surface area contributed by atoms with Gasteiger partial charge in [-0.15, -0.1) is 0 Å². The Bertz CT molecular complexity index is 811. The minimum Gasteiger partial charge on any atom is -0.497 e. The lowest BCUT2D eigenvalue weighted by Gasteiger charge is -2.09. The number of aromatic carboxylic acids is 1. The Labute approximate surface area is 122 Å². The first kappa shape index (κ1) is 14.9. The van der Waals surface area contributed by atoms with Gasteiger partial charge in [0.05, 0.1) is 12.7 Å². The predicted molar refractivity (Wildman–Crippen MR) is 74.2 cm³/mol. The van der Waals surface area contributed by atoms with Gasteiger partial charge >= 0.3 is 17.1 Å². The number of carbonyl (C=O) groups is 1. The number of benzene rings is 1. The van der Waals surface area contributed by atoms with Crippen LogP contribution in [0, 0.1) is 0 Å². The number of aryl methyl sites for hydroxylation is 1. The quantitative estimate of drug-likeness (QED) is 0.782. The summed E-state index contributed by atoms with van der Waals surface area (Å²) in [6.07, 6.45) is 0. The second kappa shape index (κ2) is 5.83. The number of aromatic nitrogens is 3. The van der Waals surface area contributed by atoms with Gasteiger partial charge in [0.15, 0.2) is 5.16 Å². The van der Waals surface area contributed by atoms with Gasteiger partial charge in [-0.3, -0.25) is 19.4 Å². The molecule has 0 unspecified atom stereocenters. The number of nitrogens with one attached hydrogen (secondary N) is 1. The molecule has 0 saturated heterocycles. The van der Waals surface area contributed by atoms with Crippen molar-refractivity contribution in [2.24, 2.45) is 7.05 Å². The smallest absolute Gasteiger partial charge is 0.339 e. The monoisotopic (exact) mass is 309 g/mol. The number of nitrogens with zero attached hydrogens (tertiary/aromatic N) is 2. The van der Waals surface area contributed by atoms with Gasteiger partial charge in [0, 0.05) is 11.9 Å². The second-order valence-corrected chi connectivity index (χ2v) is 4.98. The van der Waals surface area contributed by atoms with Gasteiger partial charge in [0.2, 0.25) is 0 Å². The van der Waals surface area contributed by atoms with E-state index in [-0.39, 0.29) is 10.7 Å². The minimum atomic E-state index is -1.12. The fourth-order valence-electron chi connectivity index (χ4n) is 1.54. The fourth-order valence-corrected chi connectivity index (χ4v) is 2.49. The molecule has 1 aromatic carbocycles. The lowest BCUT2D eigenvalue weighted by atomic mass is 10.2. The van der Waals surface area contributed by atoms with E-state index in [1.807, 2.05) is 0 Å². The number of aromatic amines is 1. The highest BCUT2D eigenvalue weighted by Crippen LogP contribution is 2.31. The van der Waals surface area contributed by atoms with E-state index < -0.39 is 17.1 Å². The number of hydrogen-bond donors (Lipinski definition) is 2. The standard InChI is InChI=1S/C12H11N3O5S/c1-15-12(13-9(16)10(17)14-15)21-8-5-6(20-2)3-4-7(8)11(18)19/h3-5H,1-2H3,(H,14,17)(H,18,19). The van der Waals surface area contributed by atoms with Gasteiger partial charge in [-0.1, -0.05) is 0 Å². The van der Waals surface area contributed by atoms with E-state index in [0.29, 0.717) is 10.6 Å². The molecule has 0 atom stereocenters. The lowest BCUT2D eigenvalue weighted by Crippen LogP contribution is -2.33. The van der Waals surface area contributed by atoms with Crippen molar-refractivity contribution >= 4 is 17.7 Å². The largest absolute Gasteiger partial charge is 0.497 e. The molecule has 0 saturated carbocycles. The Morgan fingerprint density at radius 1 is 1.43 bits per heavy atom. The van der Waals surface area contributed by atoms with Gasteiger partial charge in [-0.05, 0) is 30.0 Å². The number of rotatable bonds is 4. The van der Waals surface area contributed by atoms with Gasteiger partial charge in [0.1, 0.15) is 5.75 Å². The second-order valence-electron chi connectivity index (χ2n) is 3.97. The summed E-state index contributed by atoms with van der Waals surface area (Å²) in [7, 11) is 2.95. The summed E-state index contributed by atoms with van der Waals surface area (Å²) >= 11 is 0.942. The molecule has 0 radical (unpaired) electrons. The number of ether oxygens (including phenoxy) is 1. The average Bonchev–Trinajstić information content (AvgIpc) is 2.44. The Morgan fingerprint density at radius 2 is 2.14 bits per heavy atom. The molecule has 9 heteroatoms. The molecule has 2 aromatic rings. The first-order valence-corrected chi connectivity index (χ1v) is 6.50. The van der Waals surface area contributed by atoms with Crippen LogP contribution in [0.1, 0.15) is 10.4 Å². The highest BCUT2D eigenvalue weighted by atomic mass is 32.2. The molecule has 2 rings (SSSR count). The molecule has 0 fully saturated rings.